The number of rotatable bonds is 8. The van der Waals surface area contributed by atoms with Crippen LogP contribution in [0.4, 0.5) is 13.2 Å². The molecule has 0 spiro atoms. The molecule has 0 saturated carbocycles. The lowest BCUT2D eigenvalue weighted by atomic mass is 10.1. The van der Waals surface area contributed by atoms with Gasteiger partial charge in [0.25, 0.3) is 0 Å². The third-order valence-corrected chi connectivity index (χ3v) is 7.36. The van der Waals surface area contributed by atoms with Crippen LogP contribution in [0.3, 0.4) is 0 Å². The zero-order chi connectivity index (χ0) is 26.9. The monoisotopic (exact) mass is 531 g/mol. The number of thiophene rings is 1. The molecule has 0 aliphatic heterocycles. The van der Waals surface area contributed by atoms with Crippen molar-refractivity contribution in [3.63, 3.8) is 0 Å². The third kappa shape index (κ3) is 5.64. The molecule has 3 N–H and O–H groups in total. The summed E-state index contributed by atoms with van der Waals surface area (Å²) in [5, 5.41) is 11.6. The topological polar surface area (TPSA) is 92.0 Å². The van der Waals surface area contributed by atoms with Gasteiger partial charge in [0.1, 0.15) is 18.2 Å². The van der Waals surface area contributed by atoms with Crippen molar-refractivity contribution in [1.82, 2.24) is 14.5 Å². The standard InChI is InChI=1S/C26H25F3N4O3S/c1-14-21(13-32(2)12-20(34)19-6-4-5-7-30-19)37-25-23(14)33(3)11-16(24(25)35)26(36)31-10-15-8-17(27)22(29)18(28)9-15/h4-9,11,20,34H,10,12-13H2,1-3H3,(H,31,36)/p+1. The lowest BCUT2D eigenvalue weighted by molar-refractivity contribution is -0.572. The van der Waals surface area contributed by atoms with Gasteiger partial charge in [-0.2, -0.15) is 0 Å². The van der Waals surface area contributed by atoms with E-state index in [0.717, 1.165) is 27.9 Å². The lowest BCUT2D eigenvalue weighted by Crippen LogP contribution is -2.87. The number of carbonyl (C=O) groups excluding carboxylic acids is 1. The molecule has 0 saturated heterocycles. The van der Waals surface area contributed by atoms with E-state index in [9.17, 15) is 27.9 Å². The molecule has 1 amide bonds. The SMILES string of the molecule is Cc1c(CN(C)CC(O)c2ccccn2)sc2c(=O)c(C(=O)[NH2+]Cc3cc(F)c(F)c(F)c3)cn(C)c12. The predicted molar refractivity (Wildman–Crippen MR) is 134 cm³/mol. The lowest BCUT2D eigenvalue weighted by Gasteiger charge is -2.20. The summed E-state index contributed by atoms with van der Waals surface area (Å²) in [6, 6.07) is 6.98. The highest BCUT2D eigenvalue weighted by Gasteiger charge is 2.23. The number of hydrogen-bond acceptors (Lipinski definition) is 6. The molecule has 0 fully saturated rings. The maximum absolute atomic E-state index is 13.5. The van der Waals surface area contributed by atoms with E-state index >= 15 is 0 Å². The van der Waals surface area contributed by atoms with Crippen LogP contribution in [0.15, 0.2) is 47.5 Å². The van der Waals surface area contributed by atoms with Crippen molar-refractivity contribution in [3.8, 4) is 0 Å². The summed E-state index contributed by atoms with van der Waals surface area (Å²) < 4.78 is 42.3. The van der Waals surface area contributed by atoms with Gasteiger partial charge in [-0.05, 0) is 43.8 Å². The Morgan fingerprint density at radius 2 is 1.95 bits per heavy atom. The number of primary amides is 1. The molecule has 0 aliphatic carbocycles. The van der Waals surface area contributed by atoms with Gasteiger partial charge in [0.05, 0.1) is 15.9 Å². The highest BCUT2D eigenvalue weighted by molar-refractivity contribution is 7.19. The Hall–Kier alpha value is -3.38. The number of quaternary nitrogens is 1. The molecule has 1 unspecified atom stereocenters. The minimum absolute atomic E-state index is 0.0650. The fourth-order valence-corrected chi connectivity index (χ4v) is 5.59. The van der Waals surface area contributed by atoms with Crippen molar-refractivity contribution in [2.75, 3.05) is 13.6 Å². The number of hydrogen-bond donors (Lipinski definition) is 2. The largest absolute Gasteiger partial charge is 0.385 e. The van der Waals surface area contributed by atoms with Crippen LogP contribution in [0, 0.1) is 24.4 Å². The Bertz CT molecular complexity index is 1500. The van der Waals surface area contributed by atoms with Gasteiger partial charge in [-0.25, -0.2) is 18.0 Å². The van der Waals surface area contributed by atoms with Crippen LogP contribution < -0.4 is 10.7 Å². The van der Waals surface area contributed by atoms with E-state index in [4.69, 9.17) is 0 Å². The Morgan fingerprint density at radius 3 is 2.59 bits per heavy atom. The van der Waals surface area contributed by atoms with Crippen LogP contribution in [0.5, 0.6) is 0 Å². The second kappa shape index (κ2) is 10.9. The molecule has 0 bridgehead atoms. The van der Waals surface area contributed by atoms with Gasteiger partial charge in [0.15, 0.2) is 17.5 Å². The fraction of sp³-hybridized carbons (Fsp3) is 0.269. The molecule has 7 nitrogen and oxygen atoms in total. The first-order valence-corrected chi connectivity index (χ1v) is 12.3. The van der Waals surface area contributed by atoms with E-state index in [2.05, 4.69) is 4.98 Å². The van der Waals surface area contributed by atoms with Gasteiger partial charge in [0, 0.05) is 43.0 Å². The average molecular weight is 532 g/mol. The maximum atomic E-state index is 13.5. The number of halogens is 3. The summed E-state index contributed by atoms with van der Waals surface area (Å²) in [5.41, 5.74) is 1.77. The van der Waals surface area contributed by atoms with Crippen LogP contribution in [0.25, 0.3) is 10.2 Å². The summed E-state index contributed by atoms with van der Waals surface area (Å²) in [5.74, 6) is -4.84. The molecule has 0 aliphatic rings. The van der Waals surface area contributed by atoms with E-state index in [1.807, 2.05) is 24.9 Å². The van der Waals surface area contributed by atoms with E-state index in [1.165, 1.54) is 17.5 Å². The van der Waals surface area contributed by atoms with Crippen molar-refractivity contribution >= 4 is 27.5 Å². The molecule has 4 rings (SSSR count). The Morgan fingerprint density at radius 1 is 1.24 bits per heavy atom. The minimum atomic E-state index is -1.57. The number of nitrogens with zero attached hydrogens (tertiary/aromatic N) is 3. The number of benzene rings is 1. The van der Waals surface area contributed by atoms with Gasteiger partial charge in [-0.15, -0.1) is 11.3 Å². The van der Waals surface area contributed by atoms with Crippen LogP contribution in [-0.4, -0.2) is 39.1 Å². The molecule has 0 radical (unpaired) electrons. The quantitative estimate of drug-likeness (QED) is 0.341. The van der Waals surface area contributed by atoms with Crippen LogP contribution in [0.2, 0.25) is 0 Å². The fourth-order valence-electron chi connectivity index (χ4n) is 4.21. The number of fused-ring (bicyclic) bond motifs is 1. The second-order valence-corrected chi connectivity index (χ2v) is 10.0. The zero-order valence-electron chi connectivity index (χ0n) is 20.5. The summed E-state index contributed by atoms with van der Waals surface area (Å²) in [4.78, 5) is 33.1. The van der Waals surface area contributed by atoms with Crippen molar-refractivity contribution in [1.29, 1.82) is 0 Å². The third-order valence-electron chi connectivity index (χ3n) is 6.10. The van der Waals surface area contributed by atoms with Crippen molar-refractivity contribution in [2.45, 2.75) is 26.1 Å². The number of likely N-dealkylation sites (N-methyl/N-ethyl adjacent to an activating group) is 1. The number of aliphatic hydroxyl groups excluding tert-OH is 1. The second-order valence-electron chi connectivity index (χ2n) is 8.92. The van der Waals surface area contributed by atoms with Crippen molar-refractivity contribution in [3.05, 3.63) is 97.7 Å². The Labute approximate surface area is 214 Å². The molecule has 3 aromatic heterocycles. The number of aryl methyl sites for hydroxylation is 2. The van der Waals surface area contributed by atoms with Gasteiger partial charge in [0.2, 0.25) is 5.43 Å². The molecular formula is C26H26F3N4O3S+. The molecule has 11 heteroatoms. The van der Waals surface area contributed by atoms with Gasteiger partial charge in [-0.3, -0.25) is 20.0 Å². The Kier molecular flexibility index (Phi) is 7.88. The highest BCUT2D eigenvalue weighted by atomic mass is 32.1. The molecule has 3 heterocycles. The molecule has 37 heavy (non-hydrogen) atoms. The Balaban J connectivity index is 1.54. The number of aliphatic hydroxyl groups is 1. The number of nitrogens with two attached hydrogens (primary N) is 1. The zero-order valence-corrected chi connectivity index (χ0v) is 21.3. The summed E-state index contributed by atoms with van der Waals surface area (Å²) in [6.07, 6.45) is 2.31. The van der Waals surface area contributed by atoms with Crippen molar-refractivity contribution < 1.29 is 28.4 Å². The van der Waals surface area contributed by atoms with E-state index in [1.54, 1.807) is 29.9 Å². The molecule has 194 valence electrons. The van der Waals surface area contributed by atoms with Gasteiger partial charge >= 0.3 is 5.91 Å². The van der Waals surface area contributed by atoms with Crippen molar-refractivity contribution in [2.24, 2.45) is 7.05 Å². The molecule has 1 atom stereocenters. The number of carbonyl (C=O) groups is 1. The first-order chi connectivity index (χ1) is 17.6. The smallest absolute Gasteiger partial charge is 0.348 e. The van der Waals surface area contributed by atoms with Crippen LogP contribution in [0.1, 0.15) is 38.2 Å². The summed E-state index contributed by atoms with van der Waals surface area (Å²) in [7, 11) is 3.60. The molecule has 1 aromatic carbocycles. The number of amides is 1. The first-order valence-electron chi connectivity index (χ1n) is 11.5. The van der Waals surface area contributed by atoms with Crippen LogP contribution in [-0.2, 0) is 20.1 Å². The normalized spacial score (nSPS) is 12.4. The average Bonchev–Trinajstić information content (AvgIpc) is 3.20. The van der Waals surface area contributed by atoms with Gasteiger partial charge < -0.3 is 9.67 Å². The summed E-state index contributed by atoms with van der Waals surface area (Å²) >= 11 is 1.29. The first kappa shape index (κ1) is 26.7. The number of pyridine rings is 2. The van der Waals surface area contributed by atoms with E-state index in [0.29, 0.717) is 29.0 Å². The molecule has 4 aromatic rings. The maximum Gasteiger partial charge on any atom is 0.348 e. The van der Waals surface area contributed by atoms with E-state index in [-0.39, 0.29) is 17.7 Å². The summed E-state index contributed by atoms with van der Waals surface area (Å²) in [6.45, 7) is 2.56. The van der Waals surface area contributed by atoms with Gasteiger partial charge in [-0.1, -0.05) is 6.07 Å². The van der Waals surface area contributed by atoms with E-state index < -0.39 is 34.9 Å². The van der Waals surface area contributed by atoms with Crippen LogP contribution >= 0.6 is 11.3 Å². The number of aromatic nitrogens is 2. The predicted octanol–water partition coefficient (Wildman–Crippen LogP) is 2.79. The highest BCUT2D eigenvalue weighted by Crippen LogP contribution is 2.30. The minimum Gasteiger partial charge on any atom is -0.385 e. The molecular weight excluding hydrogens is 505 g/mol.